The van der Waals surface area contributed by atoms with E-state index in [0.29, 0.717) is 12.3 Å². The average Bonchev–Trinajstić information content (AvgIpc) is 2.49. The van der Waals surface area contributed by atoms with Crippen LogP contribution in [0.1, 0.15) is 38.2 Å². The van der Waals surface area contributed by atoms with E-state index in [-0.39, 0.29) is 5.91 Å². The summed E-state index contributed by atoms with van der Waals surface area (Å²) in [5, 5.41) is 6.48. The summed E-state index contributed by atoms with van der Waals surface area (Å²) in [6, 6.07) is 6.02. The van der Waals surface area contributed by atoms with Crippen LogP contribution in [-0.2, 0) is 4.79 Å². The minimum atomic E-state index is 0.0580. The summed E-state index contributed by atoms with van der Waals surface area (Å²) in [7, 11) is 0. The molecule has 0 saturated heterocycles. The van der Waals surface area contributed by atoms with Crippen LogP contribution in [0.3, 0.4) is 0 Å². The number of nitrogens with one attached hydrogen (secondary N) is 2. The zero-order valence-electron chi connectivity index (χ0n) is 12.4. The molecule has 0 radical (unpaired) electrons. The summed E-state index contributed by atoms with van der Waals surface area (Å²) < 4.78 is 0. The number of carbonyl (C=O) groups excluding carboxylic acids is 1. The maximum absolute atomic E-state index is 11.5. The largest absolute Gasteiger partial charge is 0.384 e. The Hall–Kier alpha value is -1.77. The molecule has 108 valence electrons. The first-order valence-electron chi connectivity index (χ1n) is 7.49. The van der Waals surface area contributed by atoms with E-state index in [4.69, 9.17) is 0 Å². The predicted octanol–water partition coefficient (Wildman–Crippen LogP) is 4.11. The lowest BCUT2D eigenvalue weighted by Crippen LogP contribution is -2.16. The van der Waals surface area contributed by atoms with Gasteiger partial charge in [-0.25, -0.2) is 0 Å². The van der Waals surface area contributed by atoms with Crippen LogP contribution in [-0.4, -0.2) is 12.5 Å². The van der Waals surface area contributed by atoms with E-state index in [1.807, 2.05) is 26.0 Å². The number of rotatable bonds is 5. The topological polar surface area (TPSA) is 41.1 Å². The third-order valence-corrected chi connectivity index (χ3v) is 3.89. The Morgan fingerprint density at radius 1 is 1.30 bits per heavy atom. The Kier molecular flexibility index (Phi) is 5.22. The van der Waals surface area contributed by atoms with E-state index < -0.39 is 0 Å². The molecule has 3 heteroatoms. The van der Waals surface area contributed by atoms with Crippen molar-refractivity contribution in [1.29, 1.82) is 0 Å². The van der Waals surface area contributed by atoms with E-state index >= 15 is 0 Å². The Morgan fingerprint density at radius 2 is 2.10 bits per heavy atom. The highest BCUT2D eigenvalue weighted by molar-refractivity contribution is 5.92. The number of carbonyl (C=O) groups is 1. The average molecular weight is 272 g/mol. The van der Waals surface area contributed by atoms with Crippen molar-refractivity contribution in [1.82, 2.24) is 0 Å². The van der Waals surface area contributed by atoms with Gasteiger partial charge < -0.3 is 10.6 Å². The number of hydrogen-bond donors (Lipinski definition) is 2. The minimum Gasteiger partial charge on any atom is -0.384 e. The smallest absolute Gasteiger partial charge is 0.224 e. The van der Waals surface area contributed by atoms with Gasteiger partial charge in [-0.3, -0.25) is 4.79 Å². The van der Waals surface area contributed by atoms with Gasteiger partial charge in [0.15, 0.2) is 0 Å². The van der Waals surface area contributed by atoms with E-state index in [1.54, 1.807) is 0 Å². The highest BCUT2D eigenvalue weighted by atomic mass is 16.1. The Labute approximate surface area is 121 Å². The van der Waals surface area contributed by atoms with E-state index in [0.717, 1.165) is 29.9 Å². The van der Waals surface area contributed by atoms with Crippen molar-refractivity contribution in [2.45, 2.75) is 39.5 Å². The second-order valence-corrected chi connectivity index (χ2v) is 5.41. The fourth-order valence-electron chi connectivity index (χ4n) is 2.50. The van der Waals surface area contributed by atoms with E-state index in [1.165, 1.54) is 12.8 Å². The third kappa shape index (κ3) is 3.86. The number of hydrogen-bond acceptors (Lipinski definition) is 2. The zero-order chi connectivity index (χ0) is 14.4. The first-order valence-corrected chi connectivity index (χ1v) is 7.49. The van der Waals surface area contributed by atoms with Gasteiger partial charge in [0.25, 0.3) is 0 Å². The first-order chi connectivity index (χ1) is 9.70. The van der Waals surface area contributed by atoms with Gasteiger partial charge in [0.05, 0.1) is 0 Å². The number of allylic oxidation sites excluding steroid dienone is 2. The molecule has 3 nitrogen and oxygen atoms in total. The molecule has 1 unspecified atom stereocenters. The van der Waals surface area contributed by atoms with Crippen LogP contribution < -0.4 is 10.6 Å². The summed E-state index contributed by atoms with van der Waals surface area (Å²) >= 11 is 0. The molecule has 1 aromatic carbocycles. The summed E-state index contributed by atoms with van der Waals surface area (Å²) in [5.74, 6) is 0.774. The van der Waals surface area contributed by atoms with Gasteiger partial charge in [-0.05, 0) is 49.8 Å². The van der Waals surface area contributed by atoms with Crippen molar-refractivity contribution in [3.8, 4) is 0 Å². The van der Waals surface area contributed by atoms with Gasteiger partial charge in [-0.15, -0.1) is 0 Å². The first kappa shape index (κ1) is 14.6. The molecule has 1 aliphatic carbocycles. The molecule has 2 rings (SSSR count). The molecule has 0 spiro atoms. The number of amides is 1. The SMILES string of the molecule is CCC(=O)Nc1cccc(NCC2CC=CCC2)c1C. The van der Waals surface area contributed by atoms with Gasteiger partial charge >= 0.3 is 0 Å². The van der Waals surface area contributed by atoms with Gasteiger partial charge in [-0.1, -0.05) is 25.1 Å². The summed E-state index contributed by atoms with van der Waals surface area (Å²) in [5.41, 5.74) is 3.14. The summed E-state index contributed by atoms with van der Waals surface area (Å²) in [6.45, 7) is 4.91. The Morgan fingerprint density at radius 3 is 2.80 bits per heavy atom. The van der Waals surface area contributed by atoms with Crippen LogP contribution in [0.4, 0.5) is 11.4 Å². The molecule has 0 fully saturated rings. The van der Waals surface area contributed by atoms with E-state index in [9.17, 15) is 4.79 Å². The monoisotopic (exact) mass is 272 g/mol. The molecule has 0 bridgehead atoms. The maximum atomic E-state index is 11.5. The van der Waals surface area contributed by atoms with Crippen LogP contribution in [0.5, 0.6) is 0 Å². The Bertz CT molecular complexity index is 494. The van der Waals surface area contributed by atoms with Gasteiger partial charge in [0, 0.05) is 24.3 Å². The van der Waals surface area contributed by atoms with Crippen LogP contribution in [0, 0.1) is 12.8 Å². The molecule has 1 aromatic rings. The molecule has 2 N–H and O–H groups in total. The quantitative estimate of drug-likeness (QED) is 0.792. The van der Waals surface area contributed by atoms with Crippen molar-refractivity contribution in [3.05, 3.63) is 35.9 Å². The molecule has 0 saturated carbocycles. The van der Waals surface area contributed by atoms with Crippen LogP contribution >= 0.6 is 0 Å². The predicted molar refractivity (Wildman–Crippen MR) is 85.1 cm³/mol. The molecular formula is C17H24N2O. The molecule has 1 aliphatic rings. The maximum Gasteiger partial charge on any atom is 0.224 e. The minimum absolute atomic E-state index is 0.0580. The third-order valence-electron chi connectivity index (χ3n) is 3.89. The van der Waals surface area contributed by atoms with E-state index in [2.05, 4.69) is 28.9 Å². The molecule has 0 aromatic heterocycles. The summed E-state index contributed by atoms with van der Waals surface area (Å²) in [4.78, 5) is 11.5. The van der Waals surface area contributed by atoms with Gasteiger partial charge in [-0.2, -0.15) is 0 Å². The molecule has 0 heterocycles. The standard InChI is InChI=1S/C17H24N2O/c1-3-17(20)19-16-11-7-10-15(13(16)2)18-12-14-8-5-4-6-9-14/h4-5,7,10-11,14,18H,3,6,8-9,12H2,1-2H3,(H,19,20). The molecule has 0 aliphatic heterocycles. The molecular weight excluding hydrogens is 248 g/mol. The van der Waals surface area contributed by atoms with Crippen molar-refractivity contribution in [2.24, 2.45) is 5.92 Å². The lowest BCUT2D eigenvalue weighted by molar-refractivity contribution is -0.115. The van der Waals surface area contributed by atoms with Crippen molar-refractivity contribution in [3.63, 3.8) is 0 Å². The highest BCUT2D eigenvalue weighted by Crippen LogP contribution is 2.25. The fraction of sp³-hybridized carbons (Fsp3) is 0.471. The van der Waals surface area contributed by atoms with Crippen molar-refractivity contribution in [2.75, 3.05) is 17.2 Å². The van der Waals surface area contributed by atoms with Gasteiger partial charge in [0.1, 0.15) is 0 Å². The second kappa shape index (κ2) is 7.13. The highest BCUT2D eigenvalue weighted by Gasteiger charge is 2.11. The number of benzene rings is 1. The van der Waals surface area contributed by atoms with Crippen molar-refractivity contribution < 1.29 is 4.79 Å². The number of anilines is 2. The van der Waals surface area contributed by atoms with Crippen LogP contribution in [0.15, 0.2) is 30.4 Å². The van der Waals surface area contributed by atoms with Crippen molar-refractivity contribution >= 4 is 17.3 Å². The fourth-order valence-corrected chi connectivity index (χ4v) is 2.50. The normalized spacial score (nSPS) is 17.8. The zero-order valence-corrected chi connectivity index (χ0v) is 12.4. The van der Waals surface area contributed by atoms with Crippen LogP contribution in [0.2, 0.25) is 0 Å². The molecule has 20 heavy (non-hydrogen) atoms. The lowest BCUT2D eigenvalue weighted by atomic mass is 9.94. The second-order valence-electron chi connectivity index (χ2n) is 5.41. The van der Waals surface area contributed by atoms with Crippen LogP contribution in [0.25, 0.3) is 0 Å². The molecule has 1 atom stereocenters. The summed E-state index contributed by atoms with van der Waals surface area (Å²) in [6.07, 6.45) is 8.67. The lowest BCUT2D eigenvalue weighted by Gasteiger charge is -2.20. The van der Waals surface area contributed by atoms with Gasteiger partial charge in [0.2, 0.25) is 5.91 Å². The molecule has 1 amide bonds. The Balaban J connectivity index is 1.98.